The lowest BCUT2D eigenvalue weighted by Crippen LogP contribution is -2.09. The van der Waals surface area contributed by atoms with E-state index in [4.69, 9.17) is 9.84 Å². The maximum absolute atomic E-state index is 6.16. The quantitative estimate of drug-likeness (QED) is 0.452. The van der Waals surface area contributed by atoms with Crippen LogP contribution in [0.25, 0.3) is 28.2 Å². The zero-order valence-electron chi connectivity index (χ0n) is 16.6. The largest absolute Gasteiger partial charge is 0.468 e. The Bertz CT molecular complexity index is 1310. The van der Waals surface area contributed by atoms with E-state index in [2.05, 4.69) is 20.3 Å². The zero-order valence-corrected chi connectivity index (χ0v) is 16.6. The van der Waals surface area contributed by atoms with Crippen molar-refractivity contribution in [3.8, 4) is 28.4 Å². The van der Waals surface area contributed by atoms with E-state index in [1.807, 2.05) is 74.6 Å². The van der Waals surface area contributed by atoms with Gasteiger partial charge in [-0.25, -0.2) is 4.98 Å². The number of fused-ring (bicyclic) bond motifs is 1. The number of hydrogen-bond acceptors (Lipinski definition) is 6. The Kier molecular flexibility index (Phi) is 4.44. The fourth-order valence-electron chi connectivity index (χ4n) is 3.42. The Morgan fingerprint density at radius 3 is 2.27 bits per heavy atom. The summed E-state index contributed by atoms with van der Waals surface area (Å²) in [6.45, 7) is 2.26. The molecule has 0 N–H and O–H groups in total. The van der Waals surface area contributed by atoms with Crippen LogP contribution in [0.2, 0.25) is 0 Å². The first-order chi connectivity index (χ1) is 14.7. The molecule has 0 radical (unpaired) electrons. The van der Waals surface area contributed by atoms with Gasteiger partial charge in [0.15, 0.2) is 17.3 Å². The van der Waals surface area contributed by atoms with E-state index >= 15 is 0 Å². The Morgan fingerprint density at radius 1 is 0.900 bits per heavy atom. The minimum Gasteiger partial charge on any atom is -0.468 e. The van der Waals surface area contributed by atoms with Crippen molar-refractivity contribution in [3.05, 3.63) is 78.4 Å². The number of aryl methyl sites for hydroxylation is 2. The first kappa shape index (κ1) is 18.0. The topological polar surface area (TPSA) is 83.0 Å². The molecular formula is C22H19N7O. The van der Waals surface area contributed by atoms with E-state index < -0.39 is 0 Å². The van der Waals surface area contributed by atoms with Crippen molar-refractivity contribution in [2.24, 2.45) is 7.05 Å². The lowest BCUT2D eigenvalue weighted by Gasteiger charge is -2.14. The van der Waals surface area contributed by atoms with Gasteiger partial charge < -0.3 is 4.74 Å². The minimum atomic E-state index is 0.247. The Morgan fingerprint density at radius 2 is 1.60 bits per heavy atom. The third-order valence-corrected chi connectivity index (χ3v) is 4.99. The summed E-state index contributed by atoms with van der Waals surface area (Å²) >= 11 is 0. The molecule has 0 aliphatic heterocycles. The maximum Gasteiger partial charge on any atom is 0.240 e. The average molecular weight is 397 g/mol. The van der Waals surface area contributed by atoms with E-state index in [0.717, 1.165) is 22.3 Å². The molecule has 0 saturated heterocycles. The van der Waals surface area contributed by atoms with Crippen LogP contribution >= 0.6 is 0 Å². The molecule has 0 saturated carbocycles. The van der Waals surface area contributed by atoms with Crippen LogP contribution in [0.4, 0.5) is 0 Å². The van der Waals surface area contributed by atoms with Crippen LogP contribution in [0.5, 0.6) is 5.88 Å². The zero-order chi connectivity index (χ0) is 20.5. The molecule has 0 aliphatic rings. The summed E-state index contributed by atoms with van der Waals surface area (Å²) < 4.78 is 9.58. The molecule has 148 valence electrons. The summed E-state index contributed by atoms with van der Waals surface area (Å²) in [5.74, 6) is 1.86. The molecule has 3 aromatic heterocycles. The monoisotopic (exact) mass is 397 g/mol. The molecule has 0 amide bonds. The number of aromatic nitrogens is 7. The fraction of sp³-hybridized carbons (Fsp3) is 0.136. The minimum absolute atomic E-state index is 0.247. The maximum atomic E-state index is 6.16. The molecular weight excluding hydrogens is 378 g/mol. The molecule has 0 aliphatic carbocycles. The van der Waals surface area contributed by atoms with Gasteiger partial charge in [0, 0.05) is 18.2 Å². The number of benzene rings is 2. The third kappa shape index (κ3) is 3.08. The van der Waals surface area contributed by atoms with Gasteiger partial charge in [-0.05, 0) is 12.5 Å². The standard InChI is InChI=1S/C22H19N7O/c1-15-19(16-9-5-3-6-10-16)22(30-13-18-23-14-24-28(18)2)27-29-20(15)25-26-21(29)17-11-7-4-8-12-17/h3-12,14H,13H2,1-2H3. The van der Waals surface area contributed by atoms with Gasteiger partial charge in [0.25, 0.3) is 0 Å². The van der Waals surface area contributed by atoms with Crippen LogP contribution in [-0.4, -0.2) is 34.6 Å². The van der Waals surface area contributed by atoms with E-state index in [0.29, 0.717) is 23.2 Å². The molecule has 2 aromatic carbocycles. The van der Waals surface area contributed by atoms with Crippen molar-refractivity contribution in [2.45, 2.75) is 13.5 Å². The van der Waals surface area contributed by atoms with Gasteiger partial charge in [-0.3, -0.25) is 4.68 Å². The Hall–Kier alpha value is -4.07. The molecule has 0 atom stereocenters. The van der Waals surface area contributed by atoms with Gasteiger partial charge in [0.1, 0.15) is 12.9 Å². The summed E-state index contributed by atoms with van der Waals surface area (Å²) in [5, 5.41) is 17.7. The van der Waals surface area contributed by atoms with Gasteiger partial charge in [-0.15, -0.1) is 15.3 Å². The van der Waals surface area contributed by atoms with E-state index in [1.165, 1.54) is 6.33 Å². The summed E-state index contributed by atoms with van der Waals surface area (Å²) in [4.78, 5) is 4.24. The van der Waals surface area contributed by atoms with Crippen molar-refractivity contribution in [1.29, 1.82) is 0 Å². The van der Waals surface area contributed by atoms with Crippen molar-refractivity contribution in [3.63, 3.8) is 0 Å². The molecule has 0 spiro atoms. The van der Waals surface area contributed by atoms with E-state index in [1.54, 1.807) is 9.20 Å². The van der Waals surface area contributed by atoms with Crippen LogP contribution in [0.3, 0.4) is 0 Å². The molecule has 5 rings (SSSR count). The number of ether oxygens (including phenoxy) is 1. The highest BCUT2D eigenvalue weighted by atomic mass is 16.5. The number of rotatable bonds is 5. The van der Waals surface area contributed by atoms with Crippen molar-refractivity contribution < 1.29 is 4.74 Å². The molecule has 8 heteroatoms. The summed E-state index contributed by atoms with van der Waals surface area (Å²) in [7, 11) is 1.83. The van der Waals surface area contributed by atoms with Crippen LogP contribution in [0.15, 0.2) is 67.0 Å². The molecule has 0 unspecified atom stereocenters. The van der Waals surface area contributed by atoms with Gasteiger partial charge in [-0.1, -0.05) is 60.7 Å². The predicted molar refractivity (Wildman–Crippen MR) is 112 cm³/mol. The van der Waals surface area contributed by atoms with Crippen molar-refractivity contribution >= 4 is 5.65 Å². The highest BCUT2D eigenvalue weighted by Gasteiger charge is 2.20. The highest BCUT2D eigenvalue weighted by Crippen LogP contribution is 2.34. The second-order valence-corrected chi connectivity index (χ2v) is 6.88. The first-order valence-electron chi connectivity index (χ1n) is 9.55. The smallest absolute Gasteiger partial charge is 0.240 e. The predicted octanol–water partition coefficient (Wildman–Crippen LogP) is 3.47. The van der Waals surface area contributed by atoms with E-state index in [-0.39, 0.29) is 6.61 Å². The second kappa shape index (κ2) is 7.40. The number of hydrogen-bond donors (Lipinski definition) is 0. The van der Waals surface area contributed by atoms with Crippen LogP contribution in [-0.2, 0) is 13.7 Å². The second-order valence-electron chi connectivity index (χ2n) is 6.88. The molecule has 0 fully saturated rings. The highest BCUT2D eigenvalue weighted by molar-refractivity contribution is 5.77. The Labute approximate surface area is 172 Å². The van der Waals surface area contributed by atoms with E-state index in [9.17, 15) is 0 Å². The normalized spacial score (nSPS) is 11.1. The van der Waals surface area contributed by atoms with Gasteiger partial charge in [0.05, 0.1) is 5.56 Å². The molecule has 5 aromatic rings. The Balaban J connectivity index is 1.68. The average Bonchev–Trinajstić information content (AvgIpc) is 3.39. The lowest BCUT2D eigenvalue weighted by atomic mass is 10.0. The van der Waals surface area contributed by atoms with Gasteiger partial charge in [0.2, 0.25) is 5.88 Å². The summed E-state index contributed by atoms with van der Waals surface area (Å²) in [6, 6.07) is 19.9. The molecule has 3 heterocycles. The van der Waals surface area contributed by atoms with Crippen LogP contribution in [0, 0.1) is 6.92 Å². The molecule has 8 nitrogen and oxygen atoms in total. The fourth-order valence-corrected chi connectivity index (χ4v) is 3.42. The molecule has 0 bridgehead atoms. The summed E-state index contributed by atoms with van der Waals surface area (Å²) in [6.07, 6.45) is 1.51. The van der Waals surface area contributed by atoms with Gasteiger partial charge >= 0.3 is 0 Å². The van der Waals surface area contributed by atoms with Crippen molar-refractivity contribution in [2.75, 3.05) is 0 Å². The van der Waals surface area contributed by atoms with Crippen LogP contribution < -0.4 is 4.74 Å². The number of nitrogens with zero attached hydrogens (tertiary/aromatic N) is 7. The SMILES string of the molecule is Cc1c(-c2ccccc2)c(OCc2ncnn2C)nn2c(-c3ccccc3)nnc12. The third-order valence-electron chi connectivity index (χ3n) is 4.99. The van der Waals surface area contributed by atoms with Gasteiger partial charge in [-0.2, -0.15) is 9.61 Å². The van der Waals surface area contributed by atoms with Crippen LogP contribution in [0.1, 0.15) is 11.4 Å². The lowest BCUT2D eigenvalue weighted by molar-refractivity contribution is 0.275. The molecule has 30 heavy (non-hydrogen) atoms. The summed E-state index contributed by atoms with van der Waals surface area (Å²) in [5.41, 5.74) is 4.46. The van der Waals surface area contributed by atoms with Crippen molar-refractivity contribution in [1.82, 2.24) is 34.6 Å². The first-order valence-corrected chi connectivity index (χ1v) is 9.55.